The molecule has 0 aliphatic heterocycles. The third-order valence-electron chi connectivity index (χ3n) is 2.86. The summed E-state index contributed by atoms with van der Waals surface area (Å²) in [5.74, 6) is 0.943. The lowest BCUT2D eigenvalue weighted by molar-refractivity contribution is -0.120. The molecule has 19 heavy (non-hydrogen) atoms. The Kier molecular flexibility index (Phi) is 6.36. The van der Waals surface area contributed by atoms with Crippen molar-refractivity contribution in [2.24, 2.45) is 17.6 Å². The fourth-order valence-electron chi connectivity index (χ4n) is 1.97. The molecule has 4 heteroatoms. The minimum absolute atomic E-state index is 0.0386. The molecule has 0 heterocycles. The summed E-state index contributed by atoms with van der Waals surface area (Å²) in [7, 11) is 0. The van der Waals surface area contributed by atoms with Crippen molar-refractivity contribution >= 4 is 11.6 Å². The van der Waals surface area contributed by atoms with Crippen molar-refractivity contribution in [1.82, 2.24) is 0 Å². The van der Waals surface area contributed by atoms with Crippen LogP contribution in [0.4, 0.5) is 5.69 Å². The Labute approximate surface area is 115 Å². The SMILES string of the molecule is CCOc1ccccc1NC(=O)C(CN)CC(C)C. The third kappa shape index (κ3) is 4.91. The highest BCUT2D eigenvalue weighted by atomic mass is 16.5. The molecule has 0 bridgehead atoms. The molecule has 0 saturated heterocycles. The fraction of sp³-hybridized carbons (Fsp3) is 0.533. The van der Waals surface area contributed by atoms with E-state index in [-0.39, 0.29) is 11.8 Å². The van der Waals surface area contributed by atoms with Gasteiger partial charge >= 0.3 is 0 Å². The van der Waals surface area contributed by atoms with E-state index in [1.54, 1.807) is 0 Å². The van der Waals surface area contributed by atoms with E-state index in [4.69, 9.17) is 10.5 Å². The van der Waals surface area contributed by atoms with Gasteiger partial charge in [-0.25, -0.2) is 0 Å². The quantitative estimate of drug-likeness (QED) is 0.795. The minimum Gasteiger partial charge on any atom is -0.492 e. The van der Waals surface area contributed by atoms with Gasteiger partial charge in [-0.15, -0.1) is 0 Å². The number of carbonyl (C=O) groups is 1. The molecule has 0 aromatic heterocycles. The first-order valence-corrected chi connectivity index (χ1v) is 6.81. The van der Waals surface area contributed by atoms with Gasteiger partial charge in [-0.2, -0.15) is 0 Å². The van der Waals surface area contributed by atoms with Crippen molar-refractivity contribution in [2.75, 3.05) is 18.5 Å². The van der Waals surface area contributed by atoms with E-state index < -0.39 is 0 Å². The molecule has 4 nitrogen and oxygen atoms in total. The van der Waals surface area contributed by atoms with Gasteiger partial charge < -0.3 is 15.8 Å². The standard InChI is InChI=1S/C15H24N2O2/c1-4-19-14-8-6-5-7-13(14)17-15(18)12(10-16)9-11(2)3/h5-8,11-12H,4,9-10,16H2,1-3H3,(H,17,18). The zero-order chi connectivity index (χ0) is 14.3. The normalized spacial score (nSPS) is 12.3. The van der Waals surface area contributed by atoms with Crippen LogP contribution < -0.4 is 15.8 Å². The van der Waals surface area contributed by atoms with Crippen molar-refractivity contribution in [3.63, 3.8) is 0 Å². The van der Waals surface area contributed by atoms with E-state index in [2.05, 4.69) is 19.2 Å². The summed E-state index contributed by atoms with van der Waals surface area (Å²) in [6.45, 7) is 7.02. The van der Waals surface area contributed by atoms with Crippen LogP contribution in [-0.2, 0) is 4.79 Å². The molecule has 1 atom stereocenters. The van der Waals surface area contributed by atoms with Crippen LogP contribution >= 0.6 is 0 Å². The molecule has 0 aliphatic carbocycles. The minimum atomic E-state index is -0.158. The largest absolute Gasteiger partial charge is 0.492 e. The molecule has 0 aliphatic rings. The summed E-state index contributed by atoms with van der Waals surface area (Å²) in [5.41, 5.74) is 6.39. The van der Waals surface area contributed by atoms with Gasteiger partial charge in [0.15, 0.2) is 0 Å². The number of carbonyl (C=O) groups excluding carboxylic acids is 1. The second-order valence-corrected chi connectivity index (χ2v) is 4.98. The molecular weight excluding hydrogens is 240 g/mol. The van der Waals surface area contributed by atoms with Crippen LogP contribution in [0.25, 0.3) is 0 Å². The molecule has 0 saturated carbocycles. The maximum atomic E-state index is 12.2. The molecule has 1 aromatic carbocycles. The van der Waals surface area contributed by atoms with E-state index in [0.29, 0.717) is 30.5 Å². The maximum absolute atomic E-state index is 12.2. The smallest absolute Gasteiger partial charge is 0.228 e. The molecule has 1 aromatic rings. The third-order valence-corrected chi connectivity index (χ3v) is 2.86. The first-order chi connectivity index (χ1) is 9.08. The van der Waals surface area contributed by atoms with Crippen molar-refractivity contribution in [3.8, 4) is 5.75 Å². The molecule has 1 unspecified atom stereocenters. The number of hydrogen-bond donors (Lipinski definition) is 2. The Morgan fingerprint density at radius 2 is 2.05 bits per heavy atom. The number of anilines is 1. The Bertz CT molecular complexity index is 405. The van der Waals surface area contributed by atoms with Crippen LogP contribution in [0.5, 0.6) is 5.75 Å². The molecular formula is C15H24N2O2. The van der Waals surface area contributed by atoms with Crippen LogP contribution in [0.15, 0.2) is 24.3 Å². The van der Waals surface area contributed by atoms with Gasteiger partial charge in [-0.1, -0.05) is 26.0 Å². The number of amides is 1. The highest BCUT2D eigenvalue weighted by molar-refractivity contribution is 5.94. The van der Waals surface area contributed by atoms with Gasteiger partial charge in [0.05, 0.1) is 18.2 Å². The second kappa shape index (κ2) is 7.79. The Morgan fingerprint density at radius 1 is 1.37 bits per heavy atom. The molecule has 106 valence electrons. The maximum Gasteiger partial charge on any atom is 0.228 e. The number of benzene rings is 1. The van der Waals surface area contributed by atoms with Crippen LogP contribution in [0.1, 0.15) is 27.2 Å². The van der Waals surface area contributed by atoms with E-state index in [9.17, 15) is 4.79 Å². The van der Waals surface area contributed by atoms with Gasteiger partial charge in [0.2, 0.25) is 5.91 Å². The molecule has 1 rings (SSSR count). The molecule has 1 amide bonds. The summed E-state index contributed by atoms with van der Waals surface area (Å²) in [5, 5.41) is 2.91. The Hall–Kier alpha value is -1.55. The van der Waals surface area contributed by atoms with Gasteiger partial charge in [-0.3, -0.25) is 4.79 Å². The lowest BCUT2D eigenvalue weighted by Crippen LogP contribution is -2.30. The highest BCUT2D eigenvalue weighted by Gasteiger charge is 2.19. The van der Waals surface area contributed by atoms with Crippen molar-refractivity contribution in [2.45, 2.75) is 27.2 Å². The van der Waals surface area contributed by atoms with E-state index >= 15 is 0 Å². The lowest BCUT2D eigenvalue weighted by atomic mass is 9.96. The van der Waals surface area contributed by atoms with E-state index in [1.165, 1.54) is 0 Å². The predicted octanol–water partition coefficient (Wildman–Crippen LogP) is 2.64. The molecule has 0 radical (unpaired) electrons. The first-order valence-electron chi connectivity index (χ1n) is 6.81. The summed E-state index contributed by atoms with van der Waals surface area (Å²) < 4.78 is 5.49. The van der Waals surface area contributed by atoms with E-state index in [1.807, 2.05) is 31.2 Å². The van der Waals surface area contributed by atoms with Crippen LogP contribution in [-0.4, -0.2) is 19.1 Å². The fourth-order valence-corrected chi connectivity index (χ4v) is 1.97. The first kappa shape index (κ1) is 15.5. The number of para-hydroxylation sites is 2. The average Bonchev–Trinajstić information content (AvgIpc) is 2.38. The summed E-state index contributed by atoms with van der Waals surface area (Å²) in [6.07, 6.45) is 0.791. The number of rotatable bonds is 7. The Morgan fingerprint density at radius 3 is 2.63 bits per heavy atom. The summed E-state index contributed by atoms with van der Waals surface area (Å²) in [4.78, 5) is 12.2. The summed E-state index contributed by atoms with van der Waals surface area (Å²) >= 11 is 0. The number of nitrogens with one attached hydrogen (secondary N) is 1. The Balaban J connectivity index is 2.75. The average molecular weight is 264 g/mol. The topological polar surface area (TPSA) is 64.3 Å². The van der Waals surface area contributed by atoms with Crippen molar-refractivity contribution in [1.29, 1.82) is 0 Å². The lowest BCUT2D eigenvalue weighted by Gasteiger charge is -2.18. The highest BCUT2D eigenvalue weighted by Crippen LogP contribution is 2.24. The van der Waals surface area contributed by atoms with Gasteiger partial charge in [0.25, 0.3) is 0 Å². The number of ether oxygens (including phenoxy) is 1. The summed E-state index contributed by atoms with van der Waals surface area (Å²) in [6, 6.07) is 7.44. The zero-order valence-corrected chi connectivity index (χ0v) is 12.0. The van der Waals surface area contributed by atoms with Gasteiger partial charge in [0.1, 0.15) is 5.75 Å². The van der Waals surface area contributed by atoms with Crippen LogP contribution in [0.3, 0.4) is 0 Å². The van der Waals surface area contributed by atoms with Crippen molar-refractivity contribution < 1.29 is 9.53 Å². The number of hydrogen-bond acceptors (Lipinski definition) is 3. The second-order valence-electron chi connectivity index (χ2n) is 4.98. The van der Waals surface area contributed by atoms with Crippen molar-refractivity contribution in [3.05, 3.63) is 24.3 Å². The zero-order valence-electron chi connectivity index (χ0n) is 12.0. The van der Waals surface area contributed by atoms with E-state index in [0.717, 1.165) is 6.42 Å². The molecule has 0 fully saturated rings. The van der Waals surface area contributed by atoms with Crippen LogP contribution in [0, 0.1) is 11.8 Å². The monoisotopic (exact) mass is 264 g/mol. The predicted molar refractivity (Wildman–Crippen MR) is 78.2 cm³/mol. The number of nitrogens with two attached hydrogens (primary N) is 1. The van der Waals surface area contributed by atoms with Gasteiger partial charge in [0, 0.05) is 6.54 Å². The molecule has 3 N–H and O–H groups in total. The van der Waals surface area contributed by atoms with Gasteiger partial charge in [-0.05, 0) is 31.4 Å². The van der Waals surface area contributed by atoms with Crippen LogP contribution in [0.2, 0.25) is 0 Å². The molecule has 0 spiro atoms.